The molecule has 0 radical (unpaired) electrons. The second kappa shape index (κ2) is 9.94. The van der Waals surface area contributed by atoms with Crippen molar-refractivity contribution in [1.82, 2.24) is 0 Å². The predicted octanol–water partition coefficient (Wildman–Crippen LogP) is 4.69. The van der Waals surface area contributed by atoms with Crippen molar-refractivity contribution in [3.05, 3.63) is 82.5 Å². The van der Waals surface area contributed by atoms with Crippen molar-refractivity contribution >= 4 is 11.9 Å². The smallest absolute Gasteiger partial charge is 0.189 e. The van der Waals surface area contributed by atoms with Crippen LogP contribution in [0.5, 0.6) is 17.2 Å². The molecule has 1 atom stereocenters. The number of ketones is 1. The number of hydrogen-bond acceptors (Lipinski definition) is 5. The summed E-state index contributed by atoms with van der Waals surface area (Å²) in [5, 5.41) is 40.1. The lowest BCUT2D eigenvalue weighted by molar-refractivity contribution is 0.104. The van der Waals surface area contributed by atoms with Crippen LogP contribution in [0.25, 0.3) is 6.08 Å². The maximum atomic E-state index is 12.4. The summed E-state index contributed by atoms with van der Waals surface area (Å²) in [6, 6.07) is 7.29. The fourth-order valence-corrected chi connectivity index (χ4v) is 2.88. The average molecular weight is 408 g/mol. The standard InChI is InChI=1S/C25H28O5/c1-15(2)5-7-18-11-17(12-19(25(18)30)13-23(28)16(3)4)6-10-22(27)21-9-8-20(26)14-24(21)29/h5-6,8-12,14,23,26,28-30H,3,7,13H2,1-2,4H3/b10-6+/t23-/m1/s1. The molecule has 0 aromatic heterocycles. The molecule has 0 fully saturated rings. The third kappa shape index (κ3) is 6.09. The van der Waals surface area contributed by atoms with Crippen molar-refractivity contribution < 1.29 is 25.2 Å². The van der Waals surface area contributed by atoms with Gasteiger partial charge in [0.25, 0.3) is 0 Å². The Kier molecular flexibility index (Phi) is 7.61. The Balaban J connectivity index is 2.40. The number of hydrogen-bond donors (Lipinski definition) is 4. The van der Waals surface area contributed by atoms with E-state index < -0.39 is 11.9 Å². The highest BCUT2D eigenvalue weighted by atomic mass is 16.3. The van der Waals surface area contributed by atoms with Crippen LogP contribution in [0.1, 0.15) is 47.8 Å². The summed E-state index contributed by atoms with van der Waals surface area (Å²) in [6.45, 7) is 9.41. The molecule has 5 nitrogen and oxygen atoms in total. The Hall–Kier alpha value is -3.31. The summed E-state index contributed by atoms with van der Waals surface area (Å²) in [7, 11) is 0. The van der Waals surface area contributed by atoms with E-state index in [1.807, 2.05) is 19.9 Å². The first-order valence-electron chi connectivity index (χ1n) is 9.64. The van der Waals surface area contributed by atoms with Gasteiger partial charge in [0, 0.05) is 12.5 Å². The van der Waals surface area contributed by atoms with Crippen LogP contribution in [0, 0.1) is 0 Å². The monoisotopic (exact) mass is 408 g/mol. The van der Waals surface area contributed by atoms with Crippen LogP contribution < -0.4 is 0 Å². The Morgan fingerprint density at radius 1 is 1.07 bits per heavy atom. The van der Waals surface area contributed by atoms with Gasteiger partial charge in [-0.25, -0.2) is 0 Å². The molecule has 158 valence electrons. The highest BCUT2D eigenvalue weighted by molar-refractivity contribution is 6.08. The number of aromatic hydroxyl groups is 3. The molecule has 0 spiro atoms. The third-order valence-electron chi connectivity index (χ3n) is 4.68. The number of carbonyl (C=O) groups is 1. The first-order valence-corrected chi connectivity index (χ1v) is 9.64. The van der Waals surface area contributed by atoms with Crippen LogP contribution in [0.3, 0.4) is 0 Å². The molecule has 0 unspecified atom stereocenters. The lowest BCUT2D eigenvalue weighted by Crippen LogP contribution is -2.11. The molecule has 0 heterocycles. The van der Waals surface area contributed by atoms with Crippen molar-refractivity contribution in [2.75, 3.05) is 0 Å². The molecule has 5 heteroatoms. The SMILES string of the molecule is C=C(C)[C@H](O)Cc1cc(/C=C/C(=O)c2ccc(O)cc2O)cc(CC=C(C)C)c1O. The number of rotatable bonds is 8. The zero-order chi connectivity index (χ0) is 22.4. The summed E-state index contributed by atoms with van der Waals surface area (Å²) >= 11 is 0. The van der Waals surface area contributed by atoms with Gasteiger partial charge in [-0.3, -0.25) is 4.79 Å². The summed E-state index contributed by atoms with van der Waals surface area (Å²) in [5.74, 6) is -0.733. The molecule has 4 N–H and O–H groups in total. The molecule has 0 bridgehead atoms. The molecule has 0 aliphatic heterocycles. The largest absolute Gasteiger partial charge is 0.508 e. The highest BCUT2D eigenvalue weighted by Gasteiger charge is 2.14. The second-order valence-corrected chi connectivity index (χ2v) is 7.64. The molecule has 0 aliphatic rings. The van der Waals surface area contributed by atoms with Crippen molar-refractivity contribution in [3.63, 3.8) is 0 Å². The quantitative estimate of drug-likeness (QED) is 0.289. The Bertz CT molecular complexity index is 1010. The normalized spacial score (nSPS) is 12.0. The predicted molar refractivity (Wildman–Crippen MR) is 119 cm³/mol. The lowest BCUT2D eigenvalue weighted by atomic mass is 9.95. The van der Waals surface area contributed by atoms with E-state index in [4.69, 9.17) is 0 Å². The molecule has 0 amide bonds. The van der Waals surface area contributed by atoms with E-state index in [1.54, 1.807) is 25.1 Å². The number of allylic oxidation sites excluding steroid dienone is 3. The van der Waals surface area contributed by atoms with E-state index in [0.717, 1.165) is 11.6 Å². The minimum atomic E-state index is -0.790. The van der Waals surface area contributed by atoms with Crippen molar-refractivity contribution in [2.24, 2.45) is 0 Å². The molecule has 30 heavy (non-hydrogen) atoms. The molecule has 2 rings (SSSR count). The maximum absolute atomic E-state index is 12.4. The minimum Gasteiger partial charge on any atom is -0.508 e. The fraction of sp³-hybridized carbons (Fsp3) is 0.240. The van der Waals surface area contributed by atoms with E-state index in [0.29, 0.717) is 28.7 Å². The molecular weight excluding hydrogens is 380 g/mol. The number of phenols is 3. The van der Waals surface area contributed by atoms with Gasteiger partial charge in [0.15, 0.2) is 5.78 Å². The van der Waals surface area contributed by atoms with Gasteiger partial charge in [0.2, 0.25) is 0 Å². The van der Waals surface area contributed by atoms with Crippen LogP contribution in [0.4, 0.5) is 0 Å². The van der Waals surface area contributed by atoms with Gasteiger partial charge in [-0.15, -0.1) is 0 Å². The lowest BCUT2D eigenvalue weighted by Gasteiger charge is -2.15. The number of benzene rings is 2. The van der Waals surface area contributed by atoms with Crippen LogP contribution in [0.15, 0.2) is 60.2 Å². The van der Waals surface area contributed by atoms with Crippen molar-refractivity contribution in [3.8, 4) is 17.2 Å². The minimum absolute atomic E-state index is 0.0746. The van der Waals surface area contributed by atoms with Gasteiger partial charge in [-0.05, 0) is 74.2 Å². The van der Waals surface area contributed by atoms with E-state index in [-0.39, 0.29) is 29.2 Å². The Labute approximate surface area is 177 Å². The molecular formula is C25H28O5. The second-order valence-electron chi connectivity index (χ2n) is 7.64. The molecule has 0 aliphatic carbocycles. The third-order valence-corrected chi connectivity index (χ3v) is 4.68. The van der Waals surface area contributed by atoms with Gasteiger partial charge in [0.05, 0.1) is 11.7 Å². The highest BCUT2D eigenvalue weighted by Crippen LogP contribution is 2.29. The number of aliphatic hydroxyl groups is 1. The molecule has 0 saturated heterocycles. The first-order chi connectivity index (χ1) is 14.1. The Morgan fingerprint density at radius 2 is 1.73 bits per heavy atom. The zero-order valence-corrected chi connectivity index (χ0v) is 17.5. The number of carbonyl (C=O) groups excluding carboxylic acids is 1. The number of phenolic OH excluding ortho intramolecular Hbond substituents is 3. The van der Waals surface area contributed by atoms with Gasteiger partial charge in [-0.1, -0.05) is 29.9 Å². The van der Waals surface area contributed by atoms with Crippen molar-refractivity contribution in [2.45, 2.75) is 39.7 Å². The van der Waals surface area contributed by atoms with Crippen LogP contribution in [-0.4, -0.2) is 32.3 Å². The summed E-state index contributed by atoms with van der Waals surface area (Å²) in [6.07, 6.45) is 4.83. The molecule has 0 saturated carbocycles. The van der Waals surface area contributed by atoms with E-state index >= 15 is 0 Å². The van der Waals surface area contributed by atoms with E-state index in [9.17, 15) is 25.2 Å². The molecule has 2 aromatic rings. The summed E-state index contributed by atoms with van der Waals surface area (Å²) in [5.41, 5.74) is 3.70. The van der Waals surface area contributed by atoms with Gasteiger partial charge < -0.3 is 20.4 Å². The van der Waals surface area contributed by atoms with Crippen molar-refractivity contribution in [1.29, 1.82) is 0 Å². The Morgan fingerprint density at radius 3 is 2.33 bits per heavy atom. The average Bonchev–Trinajstić information content (AvgIpc) is 2.66. The maximum Gasteiger partial charge on any atom is 0.189 e. The summed E-state index contributed by atoms with van der Waals surface area (Å²) < 4.78 is 0. The van der Waals surface area contributed by atoms with Gasteiger partial charge in [0.1, 0.15) is 17.2 Å². The molecule has 2 aromatic carbocycles. The fourth-order valence-electron chi connectivity index (χ4n) is 2.88. The van der Waals surface area contributed by atoms with Crippen LogP contribution in [-0.2, 0) is 12.8 Å². The van der Waals surface area contributed by atoms with Crippen LogP contribution >= 0.6 is 0 Å². The van der Waals surface area contributed by atoms with E-state index in [1.165, 1.54) is 18.2 Å². The topological polar surface area (TPSA) is 98.0 Å². The zero-order valence-electron chi connectivity index (χ0n) is 17.5. The van der Waals surface area contributed by atoms with Gasteiger partial charge >= 0.3 is 0 Å². The van der Waals surface area contributed by atoms with Crippen LogP contribution in [0.2, 0.25) is 0 Å². The van der Waals surface area contributed by atoms with E-state index in [2.05, 4.69) is 6.58 Å². The summed E-state index contributed by atoms with van der Waals surface area (Å²) in [4.78, 5) is 12.4. The van der Waals surface area contributed by atoms with Gasteiger partial charge in [-0.2, -0.15) is 0 Å². The first kappa shape index (κ1) is 23.0. The number of aliphatic hydroxyl groups excluding tert-OH is 1.